The Morgan fingerprint density at radius 1 is 0.897 bits per heavy atom. The Morgan fingerprint density at radius 2 is 1.72 bits per heavy atom. The summed E-state index contributed by atoms with van der Waals surface area (Å²) in [6, 6.07) is 20.2. The molecular weight excluding hydrogens is 386 g/mol. The predicted molar refractivity (Wildman–Crippen MR) is 110 cm³/mol. The van der Waals surface area contributed by atoms with Gasteiger partial charge in [-0.25, -0.2) is 17.4 Å². The molecule has 0 bridgehead atoms. The molecule has 0 aliphatic carbocycles. The van der Waals surface area contributed by atoms with Crippen LogP contribution >= 0.6 is 0 Å². The molecule has 0 aliphatic heterocycles. The topological polar surface area (TPSA) is 84.8 Å². The number of carbonyl (C=O) groups is 1. The Hall–Kier alpha value is -3.71. The summed E-state index contributed by atoms with van der Waals surface area (Å²) >= 11 is 0. The monoisotopic (exact) mass is 401 g/mol. The number of nitrogens with one attached hydrogen (secondary N) is 1. The van der Waals surface area contributed by atoms with Gasteiger partial charge in [0.2, 0.25) is 5.78 Å². The van der Waals surface area contributed by atoms with Crippen LogP contribution in [0.15, 0.2) is 90.1 Å². The maximum atomic E-state index is 13.4. The van der Waals surface area contributed by atoms with Crippen molar-refractivity contribution in [3.05, 3.63) is 96.4 Å². The molecule has 7 heteroatoms. The number of benzene rings is 2. The number of rotatable bonds is 4. The molecule has 5 rings (SSSR count). The van der Waals surface area contributed by atoms with E-state index in [4.69, 9.17) is 0 Å². The van der Waals surface area contributed by atoms with E-state index in [1.165, 1.54) is 18.3 Å². The summed E-state index contributed by atoms with van der Waals surface area (Å²) in [5, 5.41) is 1.46. The van der Waals surface area contributed by atoms with Gasteiger partial charge in [-0.15, -0.1) is 0 Å². The first-order valence-electron chi connectivity index (χ1n) is 8.95. The van der Waals surface area contributed by atoms with Crippen molar-refractivity contribution in [2.75, 3.05) is 0 Å². The molecule has 1 N–H and O–H groups in total. The van der Waals surface area contributed by atoms with Crippen molar-refractivity contribution in [3.63, 3.8) is 0 Å². The van der Waals surface area contributed by atoms with Gasteiger partial charge in [0.05, 0.1) is 4.90 Å². The van der Waals surface area contributed by atoms with E-state index >= 15 is 0 Å². The Labute approximate surface area is 166 Å². The Morgan fingerprint density at radius 3 is 2.55 bits per heavy atom. The number of nitrogens with zero attached hydrogens (tertiary/aromatic N) is 2. The summed E-state index contributed by atoms with van der Waals surface area (Å²) in [7, 11) is -4.01. The molecule has 0 atom stereocenters. The fraction of sp³-hybridized carbons (Fsp3) is 0. The quantitative estimate of drug-likeness (QED) is 0.462. The highest BCUT2D eigenvalue weighted by Crippen LogP contribution is 2.27. The largest absolute Gasteiger partial charge is 0.361 e. The molecule has 3 aromatic heterocycles. The second-order valence-corrected chi connectivity index (χ2v) is 8.42. The van der Waals surface area contributed by atoms with Crippen LogP contribution in [0.3, 0.4) is 0 Å². The number of carbonyl (C=O) groups excluding carboxylic acids is 1. The molecule has 142 valence electrons. The lowest BCUT2D eigenvalue weighted by molar-refractivity contribution is 0.103. The van der Waals surface area contributed by atoms with Gasteiger partial charge in [0.25, 0.3) is 10.0 Å². The number of aromatic amines is 1. The number of hydrogen-bond acceptors (Lipinski definition) is 4. The van der Waals surface area contributed by atoms with Gasteiger partial charge in [-0.2, -0.15) is 0 Å². The number of fused-ring (bicyclic) bond motifs is 2. The maximum absolute atomic E-state index is 13.4. The van der Waals surface area contributed by atoms with Gasteiger partial charge < -0.3 is 4.98 Å². The number of pyridine rings is 1. The Bertz CT molecular complexity index is 1480. The minimum absolute atomic E-state index is 0.0532. The first-order chi connectivity index (χ1) is 14.1. The molecule has 6 nitrogen and oxygen atoms in total. The number of hydrogen-bond donors (Lipinski definition) is 1. The van der Waals surface area contributed by atoms with E-state index < -0.39 is 10.0 Å². The SMILES string of the molecule is O=C(c1ccc2[nH]ccc2c1)c1cc2cccnc2n1S(=O)(=O)c1ccccc1. The molecule has 0 amide bonds. The average molecular weight is 401 g/mol. The molecule has 2 aromatic carbocycles. The van der Waals surface area contributed by atoms with E-state index in [-0.39, 0.29) is 22.0 Å². The van der Waals surface area contributed by atoms with Crippen LogP contribution in [-0.4, -0.2) is 28.1 Å². The van der Waals surface area contributed by atoms with Gasteiger partial charge in [0.15, 0.2) is 5.65 Å². The molecule has 29 heavy (non-hydrogen) atoms. The van der Waals surface area contributed by atoms with Gasteiger partial charge in [0.1, 0.15) is 5.69 Å². The van der Waals surface area contributed by atoms with Crippen molar-refractivity contribution in [1.29, 1.82) is 0 Å². The van der Waals surface area contributed by atoms with Crippen LogP contribution in [0, 0.1) is 0 Å². The minimum Gasteiger partial charge on any atom is -0.361 e. The van der Waals surface area contributed by atoms with Crippen LogP contribution in [0.5, 0.6) is 0 Å². The van der Waals surface area contributed by atoms with Crippen LogP contribution < -0.4 is 0 Å². The standard InChI is InChI=1S/C22H15N3O3S/c26-21(16-8-9-19-15(13-16)10-12-23-19)20-14-17-5-4-11-24-22(17)25(20)29(27,28)18-6-2-1-3-7-18/h1-14,23H. The Balaban J connectivity index is 1.76. The zero-order valence-electron chi connectivity index (χ0n) is 15.1. The van der Waals surface area contributed by atoms with Crippen molar-refractivity contribution in [1.82, 2.24) is 13.9 Å². The summed E-state index contributed by atoms with van der Waals surface area (Å²) in [4.78, 5) is 20.8. The minimum atomic E-state index is -4.01. The molecule has 0 saturated heterocycles. The molecule has 3 heterocycles. The zero-order chi connectivity index (χ0) is 20.0. The highest BCUT2D eigenvalue weighted by molar-refractivity contribution is 7.90. The van der Waals surface area contributed by atoms with E-state index in [0.29, 0.717) is 10.9 Å². The van der Waals surface area contributed by atoms with Gasteiger partial charge in [-0.3, -0.25) is 4.79 Å². The first kappa shape index (κ1) is 17.4. The van der Waals surface area contributed by atoms with Gasteiger partial charge in [-0.05, 0) is 54.6 Å². The van der Waals surface area contributed by atoms with Crippen molar-refractivity contribution in [3.8, 4) is 0 Å². The maximum Gasteiger partial charge on any atom is 0.270 e. The lowest BCUT2D eigenvalue weighted by Gasteiger charge is -2.11. The van der Waals surface area contributed by atoms with E-state index in [9.17, 15) is 13.2 Å². The highest BCUT2D eigenvalue weighted by Gasteiger charge is 2.27. The third-order valence-corrected chi connectivity index (χ3v) is 6.57. The molecule has 0 radical (unpaired) electrons. The number of ketones is 1. The third-order valence-electron chi connectivity index (χ3n) is 4.85. The fourth-order valence-electron chi connectivity index (χ4n) is 3.45. The van der Waals surface area contributed by atoms with Crippen LogP contribution in [-0.2, 0) is 10.0 Å². The van der Waals surface area contributed by atoms with E-state index in [2.05, 4.69) is 9.97 Å². The molecule has 0 unspecified atom stereocenters. The summed E-state index contributed by atoms with van der Waals surface area (Å²) in [5.41, 5.74) is 1.59. The van der Waals surface area contributed by atoms with E-state index in [0.717, 1.165) is 14.9 Å². The van der Waals surface area contributed by atoms with Crippen molar-refractivity contribution < 1.29 is 13.2 Å². The number of aromatic nitrogens is 3. The zero-order valence-corrected chi connectivity index (χ0v) is 15.9. The van der Waals surface area contributed by atoms with Crippen molar-refractivity contribution in [2.45, 2.75) is 4.90 Å². The predicted octanol–water partition coefficient (Wildman–Crippen LogP) is 3.99. The highest BCUT2D eigenvalue weighted by atomic mass is 32.2. The second-order valence-electron chi connectivity index (χ2n) is 6.64. The van der Waals surface area contributed by atoms with E-state index in [1.54, 1.807) is 60.8 Å². The summed E-state index contributed by atoms with van der Waals surface area (Å²) in [5.74, 6) is -0.384. The number of H-pyrrole nitrogens is 1. The van der Waals surface area contributed by atoms with Crippen LogP contribution in [0.25, 0.3) is 21.9 Å². The lowest BCUT2D eigenvalue weighted by atomic mass is 10.1. The fourth-order valence-corrected chi connectivity index (χ4v) is 4.94. The second kappa shape index (κ2) is 6.42. The van der Waals surface area contributed by atoms with Gasteiger partial charge >= 0.3 is 0 Å². The third kappa shape index (κ3) is 2.75. The summed E-state index contributed by atoms with van der Waals surface area (Å²) < 4.78 is 27.8. The van der Waals surface area contributed by atoms with Crippen LogP contribution in [0.4, 0.5) is 0 Å². The van der Waals surface area contributed by atoms with Gasteiger partial charge in [0, 0.05) is 34.2 Å². The molecule has 0 spiro atoms. The molecule has 0 saturated carbocycles. The van der Waals surface area contributed by atoms with Gasteiger partial charge in [-0.1, -0.05) is 18.2 Å². The lowest BCUT2D eigenvalue weighted by Crippen LogP contribution is -2.19. The average Bonchev–Trinajstić information content (AvgIpc) is 3.38. The van der Waals surface area contributed by atoms with Crippen molar-refractivity contribution >= 4 is 37.7 Å². The molecule has 0 fully saturated rings. The normalized spacial score (nSPS) is 11.9. The molecule has 0 aliphatic rings. The van der Waals surface area contributed by atoms with Crippen molar-refractivity contribution in [2.24, 2.45) is 0 Å². The smallest absolute Gasteiger partial charge is 0.270 e. The first-order valence-corrected chi connectivity index (χ1v) is 10.4. The molecular formula is C22H15N3O3S. The molecule has 5 aromatic rings. The summed E-state index contributed by atoms with van der Waals surface area (Å²) in [6.45, 7) is 0. The van der Waals surface area contributed by atoms with E-state index in [1.807, 2.05) is 6.07 Å². The van der Waals surface area contributed by atoms with Crippen LogP contribution in [0.1, 0.15) is 16.1 Å². The summed E-state index contributed by atoms with van der Waals surface area (Å²) in [6.07, 6.45) is 3.30. The van der Waals surface area contributed by atoms with Crippen LogP contribution in [0.2, 0.25) is 0 Å². The Kier molecular flexibility index (Phi) is 3.85.